The minimum atomic E-state index is -0.703. The van der Waals surface area contributed by atoms with Crippen LogP contribution in [0.25, 0.3) is 4.96 Å². The van der Waals surface area contributed by atoms with Crippen molar-refractivity contribution in [3.63, 3.8) is 0 Å². The van der Waals surface area contributed by atoms with Gasteiger partial charge in [-0.1, -0.05) is 0 Å². The summed E-state index contributed by atoms with van der Waals surface area (Å²) in [5, 5.41) is 13.3. The van der Waals surface area contributed by atoms with Crippen LogP contribution >= 0.6 is 11.3 Å². The van der Waals surface area contributed by atoms with Crippen LogP contribution in [0.2, 0.25) is 0 Å². The van der Waals surface area contributed by atoms with Gasteiger partial charge in [-0.15, -0.1) is 11.3 Å². The number of benzene rings is 1. The Bertz CT molecular complexity index is 1160. The number of carbonyl (C=O) groups excluding carboxylic acids is 1. The first-order valence-electron chi connectivity index (χ1n) is 9.11. The van der Waals surface area contributed by atoms with Gasteiger partial charge in [0.05, 0.1) is 16.2 Å². The molecule has 0 saturated carbocycles. The molecule has 0 N–H and O–H groups in total. The number of aromatic nitrogens is 2. The highest BCUT2D eigenvalue weighted by Gasteiger charge is 2.24. The van der Waals surface area contributed by atoms with Crippen LogP contribution in [0.1, 0.15) is 34.6 Å². The Morgan fingerprint density at radius 3 is 2.79 bits per heavy atom. The summed E-state index contributed by atoms with van der Waals surface area (Å²) in [5.74, 6) is -0.703. The summed E-state index contributed by atoms with van der Waals surface area (Å²) in [6.07, 6.45) is 1.98. The van der Waals surface area contributed by atoms with Crippen LogP contribution in [0.3, 0.4) is 0 Å². The number of nitrogens with zero attached hydrogens (tertiary/aromatic N) is 4. The molecule has 0 atom stereocenters. The summed E-state index contributed by atoms with van der Waals surface area (Å²) < 4.78 is 6.73. The zero-order valence-electron chi connectivity index (χ0n) is 15.7. The summed E-state index contributed by atoms with van der Waals surface area (Å²) >= 11 is 1.32. The van der Waals surface area contributed by atoms with Gasteiger partial charge in [0.15, 0.2) is 4.96 Å². The van der Waals surface area contributed by atoms with E-state index in [2.05, 4.69) is 4.98 Å². The Morgan fingerprint density at radius 1 is 1.31 bits per heavy atom. The first-order chi connectivity index (χ1) is 13.9. The molecular weight excluding hydrogens is 396 g/mol. The smallest absolute Gasteiger partial charge is 0.338 e. The van der Waals surface area contributed by atoms with Gasteiger partial charge in [-0.05, 0) is 31.9 Å². The van der Waals surface area contributed by atoms with Gasteiger partial charge in [-0.2, -0.15) is 0 Å². The van der Waals surface area contributed by atoms with E-state index >= 15 is 0 Å². The van der Waals surface area contributed by atoms with Gasteiger partial charge in [0.1, 0.15) is 12.3 Å². The molecule has 3 heterocycles. The second-order valence-electron chi connectivity index (χ2n) is 6.81. The third-order valence-corrected chi connectivity index (χ3v) is 5.78. The Kier molecular flexibility index (Phi) is 5.01. The molecule has 0 aliphatic carbocycles. The van der Waals surface area contributed by atoms with E-state index in [1.807, 2.05) is 17.2 Å². The Labute approximate surface area is 169 Å². The third kappa shape index (κ3) is 3.70. The lowest BCUT2D eigenvalue weighted by atomic mass is 10.1. The van der Waals surface area contributed by atoms with Crippen LogP contribution in [0, 0.1) is 17.0 Å². The molecule has 1 aliphatic rings. The number of aryl methyl sites for hydroxylation is 1. The molecule has 29 heavy (non-hydrogen) atoms. The minimum absolute atomic E-state index is 0.0874. The number of hydrogen-bond acceptors (Lipinski definition) is 8. The van der Waals surface area contributed by atoms with Crippen molar-refractivity contribution in [2.75, 3.05) is 18.0 Å². The van der Waals surface area contributed by atoms with Gasteiger partial charge < -0.3 is 9.64 Å². The topological polar surface area (TPSA) is 107 Å². The molecule has 1 saturated heterocycles. The molecule has 1 fully saturated rings. The van der Waals surface area contributed by atoms with Crippen molar-refractivity contribution in [1.82, 2.24) is 9.38 Å². The first-order valence-corrected chi connectivity index (χ1v) is 9.99. The molecule has 10 heteroatoms. The molecule has 9 nitrogen and oxygen atoms in total. The zero-order valence-corrected chi connectivity index (χ0v) is 16.5. The summed E-state index contributed by atoms with van der Waals surface area (Å²) in [7, 11) is 0. The molecule has 3 aromatic rings. The van der Waals surface area contributed by atoms with E-state index in [1.54, 1.807) is 6.07 Å². The van der Waals surface area contributed by atoms with Crippen molar-refractivity contribution in [2.24, 2.45) is 0 Å². The number of fused-ring (bicyclic) bond motifs is 1. The molecule has 0 radical (unpaired) electrons. The van der Waals surface area contributed by atoms with E-state index in [0.29, 0.717) is 16.3 Å². The molecular formula is C19H18N4O5S. The fourth-order valence-corrected chi connectivity index (χ4v) is 4.31. The number of ether oxygens (including phenoxy) is 1. The molecule has 0 unspecified atom stereocenters. The van der Waals surface area contributed by atoms with E-state index in [-0.39, 0.29) is 23.4 Å². The highest BCUT2D eigenvalue weighted by molar-refractivity contribution is 7.15. The zero-order chi connectivity index (χ0) is 20.5. The van der Waals surface area contributed by atoms with E-state index in [9.17, 15) is 19.7 Å². The lowest BCUT2D eigenvalue weighted by Gasteiger charge is -2.17. The predicted octanol–water partition coefficient (Wildman–Crippen LogP) is 2.93. The number of thiazole rings is 1. The second kappa shape index (κ2) is 7.63. The summed E-state index contributed by atoms with van der Waals surface area (Å²) in [4.78, 5) is 42.4. The largest absolute Gasteiger partial charge is 0.456 e. The van der Waals surface area contributed by atoms with E-state index in [4.69, 9.17) is 4.74 Å². The molecule has 150 valence electrons. The number of esters is 1. The number of nitro groups is 1. The van der Waals surface area contributed by atoms with Crippen LogP contribution in [-0.4, -0.2) is 33.4 Å². The van der Waals surface area contributed by atoms with Crippen LogP contribution in [0.5, 0.6) is 0 Å². The van der Waals surface area contributed by atoms with Crippen molar-refractivity contribution >= 4 is 33.6 Å². The number of carbonyl (C=O) groups is 1. The van der Waals surface area contributed by atoms with Crippen molar-refractivity contribution < 1.29 is 14.5 Å². The number of hydrogen-bond donors (Lipinski definition) is 0. The molecule has 1 aromatic carbocycles. The third-order valence-electron chi connectivity index (χ3n) is 4.83. The van der Waals surface area contributed by atoms with Crippen LogP contribution in [0.15, 0.2) is 34.4 Å². The number of anilines is 1. The van der Waals surface area contributed by atoms with Gasteiger partial charge in [-0.25, -0.2) is 9.78 Å². The van der Waals surface area contributed by atoms with Crippen LogP contribution in [0.4, 0.5) is 11.4 Å². The Hall–Kier alpha value is -3.27. The summed E-state index contributed by atoms with van der Waals surface area (Å²) in [6.45, 7) is 3.14. The lowest BCUT2D eigenvalue weighted by Crippen LogP contribution is -2.19. The SMILES string of the molecule is Cc1csc2nc(COC(=O)c3ccc(N4CCCC4)c([N+](=O)[O-])c3)cc(=O)n12. The predicted molar refractivity (Wildman–Crippen MR) is 108 cm³/mol. The normalized spacial score (nSPS) is 13.8. The first kappa shape index (κ1) is 19.1. The van der Waals surface area contributed by atoms with E-state index in [0.717, 1.165) is 31.6 Å². The van der Waals surface area contributed by atoms with Crippen LogP contribution < -0.4 is 10.5 Å². The molecule has 0 spiro atoms. The second-order valence-corrected chi connectivity index (χ2v) is 7.65. The highest BCUT2D eigenvalue weighted by Crippen LogP contribution is 2.31. The van der Waals surface area contributed by atoms with Crippen molar-refractivity contribution in [3.8, 4) is 0 Å². The number of nitro benzene ring substituents is 1. The van der Waals surface area contributed by atoms with Crippen molar-refractivity contribution in [1.29, 1.82) is 0 Å². The van der Waals surface area contributed by atoms with Gasteiger partial charge in [0.2, 0.25) is 0 Å². The number of rotatable bonds is 5. The highest BCUT2D eigenvalue weighted by atomic mass is 32.1. The van der Waals surface area contributed by atoms with Gasteiger partial charge >= 0.3 is 5.97 Å². The monoisotopic (exact) mass is 414 g/mol. The average molecular weight is 414 g/mol. The quantitative estimate of drug-likeness (QED) is 0.359. The Balaban J connectivity index is 1.53. The fourth-order valence-electron chi connectivity index (χ4n) is 3.42. The standard InChI is InChI=1S/C19H18N4O5S/c1-12-11-29-19-20-14(9-17(24)22(12)19)10-28-18(25)13-4-5-15(16(8-13)23(26)27)21-6-2-3-7-21/h4-5,8-9,11H,2-3,6-7,10H2,1H3. The summed E-state index contributed by atoms with van der Waals surface area (Å²) in [5.41, 5.74) is 1.35. The van der Waals surface area contributed by atoms with Gasteiger partial charge in [0.25, 0.3) is 11.2 Å². The maximum Gasteiger partial charge on any atom is 0.338 e. The molecule has 4 rings (SSSR count). The van der Waals surface area contributed by atoms with Crippen molar-refractivity contribution in [3.05, 3.63) is 67.1 Å². The maximum absolute atomic E-state index is 12.4. The maximum atomic E-state index is 12.4. The van der Waals surface area contributed by atoms with Crippen molar-refractivity contribution in [2.45, 2.75) is 26.4 Å². The van der Waals surface area contributed by atoms with Gasteiger partial charge in [-0.3, -0.25) is 19.3 Å². The minimum Gasteiger partial charge on any atom is -0.456 e. The molecule has 2 aromatic heterocycles. The average Bonchev–Trinajstić information content (AvgIpc) is 3.36. The van der Waals surface area contributed by atoms with E-state index < -0.39 is 10.9 Å². The molecule has 0 amide bonds. The van der Waals surface area contributed by atoms with Gasteiger partial charge in [0, 0.05) is 36.3 Å². The lowest BCUT2D eigenvalue weighted by molar-refractivity contribution is -0.384. The fraction of sp³-hybridized carbons (Fsp3) is 0.316. The summed E-state index contributed by atoms with van der Waals surface area (Å²) in [6, 6.07) is 5.67. The van der Waals surface area contributed by atoms with E-state index in [1.165, 1.54) is 33.9 Å². The Morgan fingerprint density at radius 2 is 2.07 bits per heavy atom. The van der Waals surface area contributed by atoms with Crippen LogP contribution in [-0.2, 0) is 11.3 Å². The molecule has 0 bridgehead atoms. The molecule has 1 aliphatic heterocycles.